The van der Waals surface area contributed by atoms with Crippen molar-refractivity contribution in [2.45, 2.75) is 20.4 Å². The Balaban J connectivity index is 1.60. The SMILES string of the molecule is Cc1cc(C)n(Cc2ccc(C(=O)N3CCN(CCO)CC3)cc2)n1. The van der Waals surface area contributed by atoms with Crippen LogP contribution in [0.2, 0.25) is 0 Å². The van der Waals surface area contributed by atoms with Gasteiger partial charge in [-0.3, -0.25) is 14.4 Å². The Morgan fingerprint density at radius 2 is 1.80 bits per heavy atom. The third-order valence-electron chi connectivity index (χ3n) is 4.71. The van der Waals surface area contributed by atoms with Crippen LogP contribution in [0, 0.1) is 13.8 Å². The molecule has 1 aliphatic rings. The first-order valence-electron chi connectivity index (χ1n) is 8.79. The van der Waals surface area contributed by atoms with E-state index in [2.05, 4.69) is 16.1 Å². The summed E-state index contributed by atoms with van der Waals surface area (Å²) in [4.78, 5) is 16.7. The average Bonchev–Trinajstić information content (AvgIpc) is 2.93. The largest absolute Gasteiger partial charge is 0.395 e. The fourth-order valence-corrected chi connectivity index (χ4v) is 3.26. The number of aryl methyl sites for hydroxylation is 2. The molecule has 1 fully saturated rings. The monoisotopic (exact) mass is 342 g/mol. The summed E-state index contributed by atoms with van der Waals surface area (Å²) in [5, 5.41) is 13.5. The first kappa shape index (κ1) is 17.6. The van der Waals surface area contributed by atoms with E-state index in [0.29, 0.717) is 26.2 Å². The molecule has 1 aliphatic heterocycles. The molecule has 1 amide bonds. The highest BCUT2D eigenvalue weighted by Gasteiger charge is 2.21. The minimum Gasteiger partial charge on any atom is -0.395 e. The average molecular weight is 342 g/mol. The van der Waals surface area contributed by atoms with E-state index >= 15 is 0 Å². The molecule has 1 aromatic carbocycles. The minimum atomic E-state index is 0.0845. The zero-order chi connectivity index (χ0) is 17.8. The van der Waals surface area contributed by atoms with E-state index in [0.717, 1.165) is 35.6 Å². The Morgan fingerprint density at radius 3 is 2.36 bits per heavy atom. The van der Waals surface area contributed by atoms with E-state index in [4.69, 9.17) is 5.11 Å². The molecule has 1 aromatic heterocycles. The fraction of sp³-hybridized carbons (Fsp3) is 0.474. The number of carbonyl (C=O) groups is 1. The topological polar surface area (TPSA) is 61.6 Å². The van der Waals surface area contributed by atoms with Crippen molar-refractivity contribution in [2.24, 2.45) is 0 Å². The van der Waals surface area contributed by atoms with Crippen molar-refractivity contribution in [1.29, 1.82) is 0 Å². The van der Waals surface area contributed by atoms with E-state index in [9.17, 15) is 4.79 Å². The summed E-state index contributed by atoms with van der Waals surface area (Å²) in [7, 11) is 0. The normalized spacial score (nSPS) is 15.6. The molecule has 0 saturated carbocycles. The van der Waals surface area contributed by atoms with Crippen LogP contribution in [0.3, 0.4) is 0 Å². The van der Waals surface area contributed by atoms with Crippen LogP contribution < -0.4 is 0 Å². The molecule has 134 valence electrons. The lowest BCUT2D eigenvalue weighted by Gasteiger charge is -2.34. The van der Waals surface area contributed by atoms with Crippen LogP contribution in [-0.2, 0) is 6.54 Å². The smallest absolute Gasteiger partial charge is 0.253 e. The van der Waals surface area contributed by atoms with Crippen LogP contribution in [0.5, 0.6) is 0 Å². The molecule has 0 unspecified atom stereocenters. The molecule has 2 heterocycles. The van der Waals surface area contributed by atoms with Crippen molar-refractivity contribution in [1.82, 2.24) is 19.6 Å². The van der Waals surface area contributed by atoms with Gasteiger partial charge in [-0.25, -0.2) is 0 Å². The van der Waals surface area contributed by atoms with E-state index in [1.165, 1.54) is 0 Å². The zero-order valence-corrected chi connectivity index (χ0v) is 15.0. The quantitative estimate of drug-likeness (QED) is 0.890. The summed E-state index contributed by atoms with van der Waals surface area (Å²) in [5.74, 6) is 0.0845. The van der Waals surface area contributed by atoms with Crippen LogP contribution in [0.15, 0.2) is 30.3 Å². The van der Waals surface area contributed by atoms with Crippen LogP contribution in [-0.4, -0.2) is 69.9 Å². The third kappa shape index (κ3) is 4.27. The number of rotatable bonds is 5. The highest BCUT2D eigenvalue weighted by Crippen LogP contribution is 2.12. The minimum absolute atomic E-state index is 0.0845. The van der Waals surface area contributed by atoms with E-state index < -0.39 is 0 Å². The fourth-order valence-electron chi connectivity index (χ4n) is 3.26. The number of amides is 1. The Bertz CT molecular complexity index is 716. The van der Waals surface area contributed by atoms with Gasteiger partial charge in [-0.05, 0) is 37.6 Å². The van der Waals surface area contributed by atoms with Crippen LogP contribution in [0.25, 0.3) is 0 Å². The molecule has 0 aliphatic carbocycles. The molecule has 25 heavy (non-hydrogen) atoms. The highest BCUT2D eigenvalue weighted by molar-refractivity contribution is 5.94. The lowest BCUT2D eigenvalue weighted by molar-refractivity contribution is 0.0615. The summed E-state index contributed by atoms with van der Waals surface area (Å²) < 4.78 is 1.98. The van der Waals surface area contributed by atoms with Crippen molar-refractivity contribution in [3.8, 4) is 0 Å². The number of benzene rings is 1. The number of piperazine rings is 1. The van der Waals surface area contributed by atoms with Crippen LogP contribution >= 0.6 is 0 Å². The lowest BCUT2D eigenvalue weighted by Crippen LogP contribution is -2.49. The van der Waals surface area contributed by atoms with Crippen molar-refractivity contribution >= 4 is 5.91 Å². The van der Waals surface area contributed by atoms with Crippen molar-refractivity contribution in [3.05, 3.63) is 52.8 Å². The Morgan fingerprint density at radius 1 is 1.12 bits per heavy atom. The number of hydrogen-bond acceptors (Lipinski definition) is 4. The summed E-state index contributed by atoms with van der Waals surface area (Å²) in [6.07, 6.45) is 0. The summed E-state index contributed by atoms with van der Waals surface area (Å²) in [6.45, 7) is 8.69. The van der Waals surface area contributed by atoms with Gasteiger partial charge in [0.05, 0.1) is 18.8 Å². The number of nitrogens with zero attached hydrogens (tertiary/aromatic N) is 4. The molecule has 6 heteroatoms. The molecule has 0 spiro atoms. The molecule has 3 rings (SSSR count). The molecule has 0 bridgehead atoms. The van der Waals surface area contributed by atoms with Crippen molar-refractivity contribution in [3.63, 3.8) is 0 Å². The number of aliphatic hydroxyl groups excluding tert-OH is 1. The van der Waals surface area contributed by atoms with Gasteiger partial charge in [0.1, 0.15) is 0 Å². The maximum Gasteiger partial charge on any atom is 0.253 e. The number of carbonyl (C=O) groups excluding carboxylic acids is 1. The van der Waals surface area contributed by atoms with Crippen molar-refractivity contribution < 1.29 is 9.90 Å². The summed E-state index contributed by atoms with van der Waals surface area (Å²) >= 11 is 0. The van der Waals surface area contributed by atoms with Gasteiger partial charge in [0.15, 0.2) is 0 Å². The van der Waals surface area contributed by atoms with E-state index in [1.54, 1.807) is 0 Å². The molecule has 0 atom stereocenters. The van der Waals surface area contributed by atoms with Crippen LogP contribution in [0.1, 0.15) is 27.3 Å². The predicted octanol–water partition coefficient (Wildman–Crippen LogP) is 1.30. The Kier molecular flexibility index (Phi) is 5.50. The predicted molar refractivity (Wildman–Crippen MR) is 96.7 cm³/mol. The number of β-amino-alcohol motifs (C(OH)–C–C–N with tert-alkyl or cyclic N) is 1. The summed E-state index contributed by atoms with van der Waals surface area (Å²) in [5.41, 5.74) is 4.02. The molecule has 0 radical (unpaired) electrons. The molecule has 1 N–H and O–H groups in total. The van der Waals surface area contributed by atoms with Gasteiger partial charge in [0.2, 0.25) is 0 Å². The Labute approximate surface area is 148 Å². The van der Waals surface area contributed by atoms with E-state index in [1.807, 2.05) is 47.7 Å². The third-order valence-corrected chi connectivity index (χ3v) is 4.71. The number of aromatic nitrogens is 2. The molecule has 2 aromatic rings. The lowest BCUT2D eigenvalue weighted by atomic mass is 10.1. The van der Waals surface area contributed by atoms with Gasteiger partial charge < -0.3 is 10.0 Å². The van der Waals surface area contributed by atoms with Gasteiger partial charge in [-0.2, -0.15) is 5.10 Å². The number of hydrogen-bond donors (Lipinski definition) is 1. The first-order valence-corrected chi connectivity index (χ1v) is 8.79. The van der Waals surface area contributed by atoms with Crippen molar-refractivity contribution in [2.75, 3.05) is 39.3 Å². The first-order chi connectivity index (χ1) is 12.1. The Hall–Kier alpha value is -2.18. The van der Waals surface area contributed by atoms with Crippen LogP contribution in [0.4, 0.5) is 0 Å². The maximum atomic E-state index is 12.6. The second kappa shape index (κ2) is 7.80. The number of aliphatic hydroxyl groups is 1. The molecular weight excluding hydrogens is 316 g/mol. The standard InChI is InChI=1S/C19H26N4O2/c1-15-13-16(2)23(20-15)14-17-3-5-18(6-4-17)19(25)22-9-7-21(8-10-22)11-12-24/h3-6,13,24H,7-12,14H2,1-2H3. The second-order valence-electron chi connectivity index (χ2n) is 6.64. The molecule has 1 saturated heterocycles. The van der Waals surface area contributed by atoms with E-state index in [-0.39, 0.29) is 12.5 Å². The van der Waals surface area contributed by atoms with Gasteiger partial charge >= 0.3 is 0 Å². The van der Waals surface area contributed by atoms with Gasteiger partial charge in [-0.1, -0.05) is 12.1 Å². The van der Waals surface area contributed by atoms with Gasteiger partial charge in [-0.15, -0.1) is 0 Å². The molecule has 6 nitrogen and oxygen atoms in total. The second-order valence-corrected chi connectivity index (χ2v) is 6.64. The van der Waals surface area contributed by atoms with Gasteiger partial charge in [0.25, 0.3) is 5.91 Å². The zero-order valence-electron chi connectivity index (χ0n) is 15.0. The maximum absolute atomic E-state index is 12.6. The summed E-state index contributed by atoms with van der Waals surface area (Å²) in [6, 6.07) is 9.89. The molecular formula is C19H26N4O2. The highest BCUT2D eigenvalue weighted by atomic mass is 16.3. The van der Waals surface area contributed by atoms with Gasteiger partial charge in [0, 0.05) is 44.0 Å².